The number of aliphatic hydroxyl groups is 5. The highest BCUT2D eigenvalue weighted by molar-refractivity contribution is 5.88. The van der Waals surface area contributed by atoms with Gasteiger partial charge in [-0.1, -0.05) is 29.7 Å². The molecule has 0 saturated heterocycles. The van der Waals surface area contributed by atoms with E-state index in [-0.39, 0.29) is 29.7 Å². The average Bonchev–Trinajstić information content (AvgIpc) is 3.14. The maximum atomic E-state index is 10.3. The molecular weight excluding hydrogens is 968 g/mol. The topological polar surface area (TPSA) is 661 Å². The molecule has 0 aromatic heterocycles. The van der Waals surface area contributed by atoms with Gasteiger partial charge in [-0.3, -0.25) is 47.9 Å². The van der Waals surface area contributed by atoms with Crippen molar-refractivity contribution in [1.29, 1.82) is 0 Å². The molecule has 0 aliphatic rings. The van der Waals surface area contributed by atoms with E-state index in [1.54, 1.807) is 0 Å². The minimum atomic E-state index is -2.20. The van der Waals surface area contributed by atoms with E-state index in [1.807, 2.05) is 0 Å². The Morgan fingerprint density at radius 2 is 0.290 bits per heavy atom. The fraction of sp³-hybridized carbons (Fsp3) is 0.559. The minimum absolute atomic E-state index is 0. The van der Waals surface area contributed by atoms with Crippen molar-refractivity contribution in [2.24, 2.45) is 29.6 Å². The SMILES string of the molecule is C.C.C.C.O=C(O)CC(C(=O)O)C(O)C(=O)O.O=C(O)C[C@@H](C(=O)O)[C@@H](O)C(=O)O.O=C(O)C[C@@H](C(=O)O)[C@H](O)C(=O)O.O=C(O)C[C@H](C(=O)O)[C@@H](O)C(=O)O.O=C(O)C[C@H](C(=O)O)[C@H](O)C(=O)O. The van der Waals surface area contributed by atoms with Gasteiger partial charge in [0.15, 0.2) is 30.5 Å². The molecule has 0 aromatic carbocycles. The first-order chi connectivity index (χ1) is 29.3. The lowest BCUT2D eigenvalue weighted by atomic mass is 9.99. The van der Waals surface area contributed by atoms with Crippen LogP contribution in [0.5, 0.6) is 0 Å². The van der Waals surface area contributed by atoms with Crippen molar-refractivity contribution in [2.45, 2.75) is 92.3 Å². The summed E-state index contributed by atoms with van der Waals surface area (Å²) in [6, 6.07) is 0. The fourth-order valence-corrected chi connectivity index (χ4v) is 3.47. The molecule has 69 heavy (non-hydrogen) atoms. The smallest absolute Gasteiger partial charge is 0.333 e. The summed E-state index contributed by atoms with van der Waals surface area (Å²) in [6.45, 7) is 0. The number of carbonyl (C=O) groups is 15. The van der Waals surface area contributed by atoms with Crippen LogP contribution in [-0.2, 0) is 71.9 Å². The Morgan fingerprint density at radius 3 is 0.333 bits per heavy atom. The van der Waals surface area contributed by atoms with Crippen LogP contribution in [0, 0.1) is 29.6 Å². The van der Waals surface area contributed by atoms with Crippen molar-refractivity contribution in [3.63, 3.8) is 0 Å². The quantitative estimate of drug-likeness (QED) is 0.0410. The molecule has 35 heteroatoms. The van der Waals surface area contributed by atoms with Crippen LogP contribution < -0.4 is 0 Å². The van der Waals surface area contributed by atoms with E-state index in [4.69, 9.17) is 102 Å². The van der Waals surface area contributed by atoms with E-state index in [0.717, 1.165) is 0 Å². The Hall–Kier alpha value is -8.15. The molecule has 2 unspecified atom stereocenters. The predicted molar refractivity (Wildman–Crippen MR) is 212 cm³/mol. The van der Waals surface area contributed by atoms with Gasteiger partial charge in [-0.2, -0.15) is 0 Å². The molecule has 0 amide bonds. The summed E-state index contributed by atoms with van der Waals surface area (Å²) in [5.74, 6) is -33.6. The van der Waals surface area contributed by atoms with Gasteiger partial charge in [-0.05, 0) is 0 Å². The van der Waals surface area contributed by atoms with Gasteiger partial charge in [0, 0.05) is 0 Å². The Labute approximate surface area is 385 Å². The molecule has 0 aliphatic heterocycles. The number of rotatable bonds is 25. The molecule has 35 nitrogen and oxygen atoms in total. The third kappa shape index (κ3) is 38.8. The van der Waals surface area contributed by atoms with Crippen molar-refractivity contribution in [2.75, 3.05) is 0 Å². The fourth-order valence-electron chi connectivity index (χ4n) is 3.47. The first-order valence-electron chi connectivity index (χ1n) is 16.1. The molecule has 0 saturated carbocycles. The molecule has 0 fully saturated rings. The van der Waals surface area contributed by atoms with Crippen molar-refractivity contribution >= 4 is 89.5 Å². The van der Waals surface area contributed by atoms with E-state index >= 15 is 0 Å². The van der Waals surface area contributed by atoms with Gasteiger partial charge in [0.05, 0.1) is 32.1 Å². The van der Waals surface area contributed by atoms with Crippen molar-refractivity contribution in [3.8, 4) is 0 Å². The molecule has 0 bridgehead atoms. The first kappa shape index (κ1) is 81.1. The normalized spacial score (nSPS) is 13.7. The maximum absolute atomic E-state index is 10.3. The summed E-state index contributed by atoms with van der Waals surface area (Å²) in [5, 5.41) is 168. The zero-order valence-electron chi connectivity index (χ0n) is 31.9. The van der Waals surface area contributed by atoms with E-state index in [1.165, 1.54) is 0 Å². The largest absolute Gasteiger partial charge is 0.481 e. The zero-order chi connectivity index (χ0) is 53.0. The molecule has 10 atom stereocenters. The standard InChI is InChI=1S/5C6H8O7.4CH4/c5*7-3(8)1-2(5(10)11)4(9)6(12)13;;;;/h5*2,4,9H,1H2,(H,7,8)(H,10,11)(H,12,13);4*1H4/t2*2-,4+;2*2-,4-;;;;;/m1010...../s1. The van der Waals surface area contributed by atoms with Gasteiger partial charge < -0.3 is 102 Å². The van der Waals surface area contributed by atoms with Crippen molar-refractivity contribution < 1.29 is 174 Å². The second-order valence-electron chi connectivity index (χ2n) is 11.6. The lowest BCUT2D eigenvalue weighted by Gasteiger charge is -2.12. The number of hydrogen-bond donors (Lipinski definition) is 20. The van der Waals surface area contributed by atoms with Crippen LogP contribution in [-0.4, -0.2) is 222 Å². The second kappa shape index (κ2) is 40.2. The Morgan fingerprint density at radius 1 is 0.203 bits per heavy atom. The molecule has 0 rings (SSSR count). The van der Waals surface area contributed by atoms with E-state index in [0.29, 0.717) is 0 Å². The van der Waals surface area contributed by atoms with Gasteiger partial charge in [-0.15, -0.1) is 0 Å². The molecule has 0 radical (unpaired) electrons. The van der Waals surface area contributed by atoms with Gasteiger partial charge >= 0.3 is 89.5 Å². The summed E-state index contributed by atoms with van der Waals surface area (Å²) in [6.07, 6.45) is -15.6. The average molecular weight is 1020 g/mol. The molecule has 0 aromatic rings. The summed E-state index contributed by atoms with van der Waals surface area (Å²) in [5.41, 5.74) is 0. The molecule has 0 spiro atoms. The number of aliphatic carboxylic acids is 15. The highest BCUT2D eigenvalue weighted by Crippen LogP contribution is 2.13. The lowest BCUT2D eigenvalue weighted by Crippen LogP contribution is -2.36. The van der Waals surface area contributed by atoms with E-state index in [9.17, 15) is 71.9 Å². The number of hydrogen-bond acceptors (Lipinski definition) is 20. The zero-order valence-corrected chi connectivity index (χ0v) is 31.9. The molecule has 0 heterocycles. The van der Waals surface area contributed by atoms with Crippen LogP contribution in [0.15, 0.2) is 0 Å². The van der Waals surface area contributed by atoms with Crippen LogP contribution in [0.3, 0.4) is 0 Å². The molecular formula is C34H56O35. The third-order valence-corrected chi connectivity index (χ3v) is 6.73. The van der Waals surface area contributed by atoms with Crippen LogP contribution >= 0.6 is 0 Å². The number of carboxylic acids is 15. The summed E-state index contributed by atoms with van der Waals surface area (Å²) in [7, 11) is 0. The van der Waals surface area contributed by atoms with Crippen molar-refractivity contribution in [1.82, 2.24) is 0 Å². The first-order valence-corrected chi connectivity index (χ1v) is 16.1. The van der Waals surface area contributed by atoms with E-state index in [2.05, 4.69) is 0 Å². The van der Waals surface area contributed by atoms with Gasteiger partial charge in [0.2, 0.25) is 0 Å². The molecule has 402 valence electrons. The Kier molecular flexibility index (Phi) is 47.2. The summed E-state index contributed by atoms with van der Waals surface area (Å²) >= 11 is 0. The lowest BCUT2D eigenvalue weighted by molar-refractivity contribution is -0.162. The van der Waals surface area contributed by atoms with Gasteiger partial charge in [0.1, 0.15) is 29.6 Å². The Balaban J connectivity index is -0.0000000918. The third-order valence-electron chi connectivity index (χ3n) is 6.73. The van der Waals surface area contributed by atoms with Crippen LogP contribution in [0.2, 0.25) is 0 Å². The van der Waals surface area contributed by atoms with E-state index < -0.39 is 182 Å². The van der Waals surface area contributed by atoms with Crippen LogP contribution in [0.4, 0.5) is 0 Å². The van der Waals surface area contributed by atoms with Crippen LogP contribution in [0.25, 0.3) is 0 Å². The predicted octanol–water partition coefficient (Wildman–Crippen LogP) is -4.42. The molecule has 0 aliphatic carbocycles. The Bertz CT molecular complexity index is 1460. The number of carboxylic acid groups (broad SMARTS) is 15. The molecule has 20 N–H and O–H groups in total. The van der Waals surface area contributed by atoms with Gasteiger partial charge in [0.25, 0.3) is 0 Å². The summed E-state index contributed by atoms with van der Waals surface area (Å²) < 4.78 is 0. The number of aliphatic hydroxyl groups excluding tert-OH is 5. The second-order valence-corrected chi connectivity index (χ2v) is 11.6. The maximum Gasteiger partial charge on any atom is 0.333 e. The van der Waals surface area contributed by atoms with Crippen molar-refractivity contribution in [3.05, 3.63) is 0 Å². The van der Waals surface area contributed by atoms with Crippen LogP contribution in [0.1, 0.15) is 61.8 Å². The highest BCUT2D eigenvalue weighted by atomic mass is 16.4. The highest BCUT2D eigenvalue weighted by Gasteiger charge is 2.37. The monoisotopic (exact) mass is 1020 g/mol. The summed E-state index contributed by atoms with van der Waals surface area (Å²) in [4.78, 5) is 152. The minimum Gasteiger partial charge on any atom is -0.481 e. The van der Waals surface area contributed by atoms with Gasteiger partial charge in [-0.25, -0.2) is 24.0 Å².